The third-order valence-corrected chi connectivity index (χ3v) is 3.46. The van der Waals surface area contributed by atoms with Crippen LogP contribution in [0.5, 0.6) is 0 Å². The third kappa shape index (κ3) is 3.65. The SMILES string of the molecule is CNCc1ccc(CSc2cccc(C)c2)o1. The maximum Gasteiger partial charge on any atom is 0.117 e. The van der Waals surface area contributed by atoms with Crippen LogP contribution >= 0.6 is 11.8 Å². The average molecular weight is 247 g/mol. The van der Waals surface area contributed by atoms with Gasteiger partial charge in [0.25, 0.3) is 0 Å². The van der Waals surface area contributed by atoms with E-state index in [0.717, 1.165) is 23.8 Å². The summed E-state index contributed by atoms with van der Waals surface area (Å²) in [7, 11) is 1.92. The molecule has 1 N–H and O–H groups in total. The number of rotatable bonds is 5. The first-order valence-electron chi connectivity index (χ1n) is 5.69. The predicted octanol–water partition coefficient (Wildman–Crippen LogP) is 3.60. The van der Waals surface area contributed by atoms with Crippen molar-refractivity contribution in [3.8, 4) is 0 Å². The molecule has 1 heterocycles. The topological polar surface area (TPSA) is 25.2 Å². The van der Waals surface area contributed by atoms with Crippen molar-refractivity contribution in [2.45, 2.75) is 24.1 Å². The van der Waals surface area contributed by atoms with Crippen molar-refractivity contribution in [2.24, 2.45) is 0 Å². The number of furan rings is 1. The van der Waals surface area contributed by atoms with E-state index >= 15 is 0 Å². The molecular formula is C14H17NOS. The van der Waals surface area contributed by atoms with Crippen molar-refractivity contribution in [1.29, 1.82) is 0 Å². The molecule has 3 heteroatoms. The smallest absolute Gasteiger partial charge is 0.117 e. The minimum absolute atomic E-state index is 0.787. The van der Waals surface area contributed by atoms with E-state index in [4.69, 9.17) is 4.42 Å². The molecule has 2 aromatic rings. The first-order valence-corrected chi connectivity index (χ1v) is 6.68. The summed E-state index contributed by atoms with van der Waals surface area (Å²) in [5, 5.41) is 3.08. The maximum atomic E-state index is 5.69. The normalized spacial score (nSPS) is 10.7. The molecule has 0 aliphatic heterocycles. The fourth-order valence-electron chi connectivity index (χ4n) is 1.63. The van der Waals surface area contributed by atoms with Gasteiger partial charge in [0.05, 0.1) is 12.3 Å². The van der Waals surface area contributed by atoms with Gasteiger partial charge >= 0.3 is 0 Å². The summed E-state index contributed by atoms with van der Waals surface area (Å²) in [6.07, 6.45) is 0. The largest absolute Gasteiger partial charge is 0.464 e. The van der Waals surface area contributed by atoms with E-state index in [-0.39, 0.29) is 0 Å². The van der Waals surface area contributed by atoms with Gasteiger partial charge in [0, 0.05) is 4.90 Å². The second-order valence-electron chi connectivity index (χ2n) is 4.00. The van der Waals surface area contributed by atoms with Crippen LogP contribution in [-0.2, 0) is 12.3 Å². The van der Waals surface area contributed by atoms with Crippen LogP contribution in [0.15, 0.2) is 45.7 Å². The first-order chi connectivity index (χ1) is 8.28. The van der Waals surface area contributed by atoms with E-state index in [2.05, 4.69) is 42.6 Å². The van der Waals surface area contributed by atoms with E-state index in [0.29, 0.717) is 0 Å². The molecule has 0 saturated carbocycles. The summed E-state index contributed by atoms with van der Waals surface area (Å²) in [4.78, 5) is 1.29. The van der Waals surface area contributed by atoms with Gasteiger partial charge in [0.1, 0.15) is 11.5 Å². The van der Waals surface area contributed by atoms with E-state index in [9.17, 15) is 0 Å². The Balaban J connectivity index is 1.93. The Morgan fingerprint density at radius 1 is 1.18 bits per heavy atom. The average Bonchev–Trinajstić information content (AvgIpc) is 2.75. The molecule has 1 aromatic carbocycles. The molecule has 0 radical (unpaired) electrons. The molecule has 2 nitrogen and oxygen atoms in total. The summed E-state index contributed by atoms with van der Waals surface area (Å²) < 4.78 is 5.69. The Labute approximate surface area is 106 Å². The second-order valence-corrected chi connectivity index (χ2v) is 5.05. The Bertz CT molecular complexity index is 479. The van der Waals surface area contributed by atoms with E-state index < -0.39 is 0 Å². The third-order valence-electron chi connectivity index (χ3n) is 2.44. The first kappa shape index (κ1) is 12.3. The Morgan fingerprint density at radius 2 is 2.00 bits per heavy atom. The maximum absolute atomic E-state index is 5.69. The lowest BCUT2D eigenvalue weighted by Gasteiger charge is -2.00. The highest BCUT2D eigenvalue weighted by Crippen LogP contribution is 2.24. The molecule has 17 heavy (non-hydrogen) atoms. The van der Waals surface area contributed by atoms with E-state index in [1.807, 2.05) is 13.1 Å². The Kier molecular flexibility index (Phi) is 4.29. The quantitative estimate of drug-likeness (QED) is 0.817. The van der Waals surface area contributed by atoms with Gasteiger partial charge in [-0.3, -0.25) is 0 Å². The summed E-state index contributed by atoms with van der Waals surface area (Å²) in [5.74, 6) is 2.90. The molecule has 1 aromatic heterocycles. The van der Waals surface area contributed by atoms with Gasteiger partial charge in [0.2, 0.25) is 0 Å². The van der Waals surface area contributed by atoms with Gasteiger partial charge < -0.3 is 9.73 Å². The Morgan fingerprint density at radius 3 is 2.76 bits per heavy atom. The van der Waals surface area contributed by atoms with Crippen molar-refractivity contribution in [3.05, 3.63) is 53.5 Å². The van der Waals surface area contributed by atoms with Crippen molar-refractivity contribution < 1.29 is 4.42 Å². The number of hydrogen-bond donors (Lipinski definition) is 1. The molecule has 0 bridgehead atoms. The molecule has 0 amide bonds. The molecule has 0 aliphatic rings. The van der Waals surface area contributed by atoms with Crippen LogP contribution in [0.3, 0.4) is 0 Å². The highest BCUT2D eigenvalue weighted by atomic mass is 32.2. The van der Waals surface area contributed by atoms with Crippen LogP contribution in [0.25, 0.3) is 0 Å². The van der Waals surface area contributed by atoms with Crippen molar-refractivity contribution in [3.63, 3.8) is 0 Å². The minimum atomic E-state index is 0.787. The molecule has 0 unspecified atom stereocenters. The van der Waals surface area contributed by atoms with Crippen LogP contribution in [0.4, 0.5) is 0 Å². The molecule has 0 aliphatic carbocycles. The van der Waals surface area contributed by atoms with Gasteiger partial charge in [-0.2, -0.15) is 0 Å². The number of hydrogen-bond acceptors (Lipinski definition) is 3. The van der Waals surface area contributed by atoms with Crippen molar-refractivity contribution in [1.82, 2.24) is 5.32 Å². The Hall–Kier alpha value is -1.19. The van der Waals surface area contributed by atoms with Crippen LogP contribution in [0.1, 0.15) is 17.1 Å². The lowest BCUT2D eigenvalue weighted by Crippen LogP contribution is -2.03. The van der Waals surface area contributed by atoms with Gasteiger partial charge in [-0.1, -0.05) is 17.7 Å². The molecular weight excluding hydrogens is 230 g/mol. The van der Waals surface area contributed by atoms with Crippen LogP contribution < -0.4 is 5.32 Å². The lowest BCUT2D eigenvalue weighted by molar-refractivity contribution is 0.469. The molecule has 2 rings (SSSR count). The van der Waals surface area contributed by atoms with Crippen LogP contribution in [0.2, 0.25) is 0 Å². The molecule has 0 spiro atoms. The van der Waals surface area contributed by atoms with E-state index in [1.54, 1.807) is 11.8 Å². The van der Waals surface area contributed by atoms with Gasteiger partial charge in [-0.25, -0.2) is 0 Å². The van der Waals surface area contributed by atoms with Crippen LogP contribution in [-0.4, -0.2) is 7.05 Å². The number of aryl methyl sites for hydroxylation is 1. The van der Waals surface area contributed by atoms with Gasteiger partial charge in [0.15, 0.2) is 0 Å². The highest BCUT2D eigenvalue weighted by Gasteiger charge is 2.02. The van der Waals surface area contributed by atoms with Gasteiger partial charge in [-0.15, -0.1) is 11.8 Å². The van der Waals surface area contributed by atoms with Crippen molar-refractivity contribution >= 4 is 11.8 Å². The fraction of sp³-hybridized carbons (Fsp3) is 0.286. The summed E-state index contributed by atoms with van der Waals surface area (Å²) in [6, 6.07) is 12.6. The minimum Gasteiger partial charge on any atom is -0.464 e. The summed E-state index contributed by atoms with van der Waals surface area (Å²) in [6.45, 7) is 2.90. The summed E-state index contributed by atoms with van der Waals surface area (Å²) >= 11 is 1.80. The molecule has 0 fully saturated rings. The summed E-state index contributed by atoms with van der Waals surface area (Å²) in [5.41, 5.74) is 1.30. The number of nitrogens with one attached hydrogen (secondary N) is 1. The lowest BCUT2D eigenvalue weighted by atomic mass is 10.2. The zero-order chi connectivity index (χ0) is 12.1. The fourth-order valence-corrected chi connectivity index (χ4v) is 2.54. The van der Waals surface area contributed by atoms with Gasteiger partial charge in [-0.05, 0) is 38.2 Å². The number of benzene rings is 1. The zero-order valence-corrected chi connectivity index (χ0v) is 11.0. The predicted molar refractivity (Wildman–Crippen MR) is 72.2 cm³/mol. The standard InChI is InChI=1S/C14H17NOS/c1-11-4-3-5-14(8-11)17-10-13-7-6-12(16-13)9-15-2/h3-8,15H,9-10H2,1-2H3. The number of thioether (sulfide) groups is 1. The van der Waals surface area contributed by atoms with E-state index in [1.165, 1.54) is 10.5 Å². The molecule has 90 valence electrons. The highest BCUT2D eigenvalue weighted by molar-refractivity contribution is 7.98. The zero-order valence-electron chi connectivity index (χ0n) is 10.2. The molecule has 0 saturated heterocycles. The molecule has 0 atom stereocenters. The second kappa shape index (κ2) is 5.94. The van der Waals surface area contributed by atoms with Crippen LogP contribution in [0, 0.1) is 6.92 Å². The van der Waals surface area contributed by atoms with Crippen molar-refractivity contribution in [2.75, 3.05) is 7.05 Å². The monoisotopic (exact) mass is 247 g/mol.